The van der Waals surface area contributed by atoms with E-state index in [0.717, 1.165) is 61.2 Å². The fourth-order valence-corrected chi connectivity index (χ4v) is 5.19. The van der Waals surface area contributed by atoms with Crippen LogP contribution in [0.15, 0.2) is 30.7 Å². The van der Waals surface area contributed by atoms with E-state index in [1.54, 1.807) is 6.07 Å². The van der Waals surface area contributed by atoms with Crippen molar-refractivity contribution in [1.29, 1.82) is 0 Å². The maximum absolute atomic E-state index is 14.2. The molecule has 3 heterocycles. The van der Waals surface area contributed by atoms with Crippen LogP contribution in [-0.4, -0.2) is 63.6 Å². The van der Waals surface area contributed by atoms with Gasteiger partial charge in [0.2, 0.25) is 0 Å². The first-order chi connectivity index (χ1) is 15.0. The summed E-state index contributed by atoms with van der Waals surface area (Å²) < 4.78 is 16.4. The number of piperazine rings is 1. The molecule has 0 spiro atoms. The Morgan fingerprint density at radius 1 is 0.968 bits per heavy atom. The zero-order valence-electron chi connectivity index (χ0n) is 18.0. The van der Waals surface area contributed by atoms with Crippen LogP contribution in [0, 0.1) is 5.82 Å². The minimum atomic E-state index is -0.429. The molecule has 0 unspecified atom stereocenters. The highest BCUT2D eigenvalue weighted by molar-refractivity contribution is 6.00. The average molecular weight is 424 g/mol. The molecule has 3 aromatic rings. The molecule has 1 aliphatic heterocycles. The number of nitrogens with zero attached hydrogens (tertiary/aromatic N) is 5. The van der Waals surface area contributed by atoms with E-state index >= 15 is 0 Å². The third kappa shape index (κ3) is 3.74. The number of likely N-dealkylation sites (N-methyl/N-ethyl adjacent to an activating group) is 1. The van der Waals surface area contributed by atoms with E-state index in [9.17, 15) is 4.39 Å². The van der Waals surface area contributed by atoms with Crippen molar-refractivity contribution >= 4 is 22.5 Å². The quantitative estimate of drug-likeness (QED) is 0.629. The number of nitrogens with two attached hydrogens (primary N) is 2. The normalized spacial score (nSPS) is 23.4. The Balaban J connectivity index is 1.43. The van der Waals surface area contributed by atoms with Gasteiger partial charge in [0.05, 0.1) is 11.1 Å². The van der Waals surface area contributed by atoms with Crippen LogP contribution in [0.1, 0.15) is 31.7 Å². The minimum absolute atomic E-state index is 0.138. The van der Waals surface area contributed by atoms with Crippen molar-refractivity contribution in [1.82, 2.24) is 24.3 Å². The topological polar surface area (TPSA) is 89.2 Å². The first kappa shape index (κ1) is 20.2. The highest BCUT2D eigenvalue weighted by atomic mass is 19.1. The molecule has 2 aromatic heterocycles. The molecule has 0 radical (unpaired) electrons. The van der Waals surface area contributed by atoms with Gasteiger partial charge in [0.1, 0.15) is 23.6 Å². The molecule has 7 nitrogen and oxygen atoms in total. The molecule has 0 bridgehead atoms. The maximum Gasteiger partial charge on any atom is 0.146 e. The van der Waals surface area contributed by atoms with Crippen molar-refractivity contribution in [2.45, 2.75) is 37.8 Å². The second-order valence-corrected chi connectivity index (χ2v) is 8.95. The Hall–Kier alpha value is -2.71. The zero-order chi connectivity index (χ0) is 21.5. The van der Waals surface area contributed by atoms with Crippen LogP contribution in [-0.2, 0) is 0 Å². The molecule has 8 heteroatoms. The van der Waals surface area contributed by atoms with Gasteiger partial charge in [-0.1, -0.05) is 6.07 Å². The number of halogens is 1. The summed E-state index contributed by atoms with van der Waals surface area (Å²) in [5.41, 5.74) is 14.5. The van der Waals surface area contributed by atoms with E-state index < -0.39 is 5.82 Å². The fourth-order valence-electron chi connectivity index (χ4n) is 5.19. The lowest BCUT2D eigenvalue weighted by atomic mass is 9.89. The Kier molecular flexibility index (Phi) is 5.27. The van der Waals surface area contributed by atoms with Gasteiger partial charge < -0.3 is 20.9 Å². The molecule has 1 saturated heterocycles. The summed E-state index contributed by atoms with van der Waals surface area (Å²) in [6.07, 6.45) is 8.14. The summed E-state index contributed by atoms with van der Waals surface area (Å²) in [7, 11) is 2.20. The summed E-state index contributed by atoms with van der Waals surface area (Å²) >= 11 is 0. The smallest absolute Gasteiger partial charge is 0.146 e. The van der Waals surface area contributed by atoms with Crippen LogP contribution in [0.25, 0.3) is 22.2 Å². The van der Waals surface area contributed by atoms with Gasteiger partial charge in [-0.25, -0.2) is 14.4 Å². The Labute approximate surface area is 181 Å². The van der Waals surface area contributed by atoms with E-state index in [2.05, 4.69) is 37.6 Å². The van der Waals surface area contributed by atoms with Gasteiger partial charge >= 0.3 is 0 Å². The van der Waals surface area contributed by atoms with Gasteiger partial charge in [0.25, 0.3) is 0 Å². The first-order valence-electron chi connectivity index (χ1n) is 11.1. The van der Waals surface area contributed by atoms with Gasteiger partial charge in [0, 0.05) is 50.0 Å². The molecule has 2 fully saturated rings. The third-order valence-corrected chi connectivity index (χ3v) is 7.06. The molecule has 0 amide bonds. The number of aromatic nitrogens is 3. The molecule has 1 saturated carbocycles. The number of anilines is 2. The van der Waals surface area contributed by atoms with E-state index in [-0.39, 0.29) is 5.69 Å². The SMILES string of the molecule is CN1CCN(C2CCC(n3cc(-c4ccc(N)c(F)c4)c4c(N)ncnc43)CC2)CC1. The standard InChI is InChI=1S/C23H30FN7/c1-29-8-10-30(11-9-29)16-3-5-17(6-4-16)31-13-18(15-2-7-20(25)19(24)12-15)21-22(26)27-14-28-23(21)31/h2,7,12-14,16-17H,3-6,8-11,25H2,1H3,(H2,26,27,28). The van der Waals surface area contributed by atoms with Crippen molar-refractivity contribution in [2.24, 2.45) is 0 Å². The van der Waals surface area contributed by atoms with Crippen LogP contribution in [0.4, 0.5) is 15.9 Å². The maximum atomic E-state index is 14.2. The Bertz CT molecular complexity index is 1080. The number of nitrogen functional groups attached to an aromatic ring is 2. The molecular weight excluding hydrogens is 393 g/mol. The summed E-state index contributed by atoms with van der Waals surface area (Å²) in [6.45, 7) is 4.63. The molecule has 31 heavy (non-hydrogen) atoms. The first-order valence-corrected chi connectivity index (χ1v) is 11.1. The van der Waals surface area contributed by atoms with E-state index in [4.69, 9.17) is 11.5 Å². The van der Waals surface area contributed by atoms with E-state index in [1.165, 1.54) is 25.2 Å². The molecule has 4 N–H and O–H groups in total. The summed E-state index contributed by atoms with van der Waals surface area (Å²) in [5, 5.41) is 0.785. The van der Waals surface area contributed by atoms with Crippen LogP contribution >= 0.6 is 0 Å². The number of rotatable bonds is 3. The predicted molar refractivity (Wildman–Crippen MR) is 122 cm³/mol. The lowest BCUT2D eigenvalue weighted by molar-refractivity contribution is 0.0828. The molecule has 5 rings (SSSR count). The Morgan fingerprint density at radius 3 is 2.39 bits per heavy atom. The van der Waals surface area contributed by atoms with Crippen LogP contribution in [0.5, 0.6) is 0 Å². The van der Waals surface area contributed by atoms with Crippen molar-refractivity contribution in [3.05, 3.63) is 36.5 Å². The molecule has 1 aromatic carbocycles. The highest BCUT2D eigenvalue weighted by Crippen LogP contribution is 2.39. The molecule has 164 valence electrons. The van der Waals surface area contributed by atoms with Crippen LogP contribution in [0.2, 0.25) is 0 Å². The summed E-state index contributed by atoms with van der Waals surface area (Å²) in [4.78, 5) is 13.8. The minimum Gasteiger partial charge on any atom is -0.396 e. The van der Waals surface area contributed by atoms with Crippen molar-refractivity contribution in [3.63, 3.8) is 0 Å². The number of fused-ring (bicyclic) bond motifs is 1. The molecular formula is C23H30FN7. The zero-order valence-corrected chi connectivity index (χ0v) is 18.0. The lowest BCUT2D eigenvalue weighted by Crippen LogP contribution is -2.49. The van der Waals surface area contributed by atoms with Crippen molar-refractivity contribution < 1.29 is 4.39 Å². The van der Waals surface area contributed by atoms with Gasteiger partial charge in [-0.2, -0.15) is 0 Å². The van der Waals surface area contributed by atoms with Gasteiger partial charge in [-0.15, -0.1) is 0 Å². The average Bonchev–Trinajstić information content (AvgIpc) is 3.17. The molecule has 2 aliphatic rings. The van der Waals surface area contributed by atoms with Crippen molar-refractivity contribution in [3.8, 4) is 11.1 Å². The molecule has 0 atom stereocenters. The predicted octanol–water partition coefficient (Wildman–Crippen LogP) is 3.13. The van der Waals surface area contributed by atoms with Crippen LogP contribution in [0.3, 0.4) is 0 Å². The highest BCUT2D eigenvalue weighted by Gasteiger charge is 2.30. The largest absolute Gasteiger partial charge is 0.396 e. The van der Waals surface area contributed by atoms with Gasteiger partial charge in [-0.3, -0.25) is 4.90 Å². The molecule has 1 aliphatic carbocycles. The van der Waals surface area contributed by atoms with E-state index in [0.29, 0.717) is 17.9 Å². The third-order valence-electron chi connectivity index (χ3n) is 7.06. The number of hydrogen-bond acceptors (Lipinski definition) is 6. The number of hydrogen-bond donors (Lipinski definition) is 2. The summed E-state index contributed by atoms with van der Waals surface area (Å²) in [6, 6.07) is 5.90. The lowest BCUT2D eigenvalue weighted by Gasteiger charge is -2.41. The fraction of sp³-hybridized carbons (Fsp3) is 0.478. The number of benzene rings is 1. The van der Waals surface area contributed by atoms with Gasteiger partial charge in [0.15, 0.2) is 0 Å². The second-order valence-electron chi connectivity index (χ2n) is 8.95. The van der Waals surface area contributed by atoms with E-state index in [1.807, 2.05) is 6.07 Å². The van der Waals surface area contributed by atoms with Crippen molar-refractivity contribution in [2.75, 3.05) is 44.7 Å². The monoisotopic (exact) mass is 423 g/mol. The Morgan fingerprint density at radius 2 is 1.68 bits per heavy atom. The van der Waals surface area contributed by atoms with Gasteiger partial charge in [-0.05, 0) is 50.4 Å². The van der Waals surface area contributed by atoms with Crippen LogP contribution < -0.4 is 11.5 Å². The second kappa shape index (κ2) is 8.09. The summed E-state index contributed by atoms with van der Waals surface area (Å²) in [5.74, 6) is -0.0105.